The van der Waals surface area contributed by atoms with E-state index in [1.807, 2.05) is 18.2 Å². The second-order valence-corrected chi connectivity index (χ2v) is 4.52. The number of thiophene rings is 1. The van der Waals surface area contributed by atoms with Gasteiger partial charge in [-0.2, -0.15) is 0 Å². The lowest BCUT2D eigenvalue weighted by Gasteiger charge is -2.13. The number of ether oxygens (including phenoxy) is 1. The van der Waals surface area contributed by atoms with Crippen molar-refractivity contribution < 1.29 is 4.74 Å². The number of pyridine rings is 1. The van der Waals surface area contributed by atoms with Crippen molar-refractivity contribution in [2.75, 3.05) is 7.11 Å². The van der Waals surface area contributed by atoms with Crippen LogP contribution in [0.2, 0.25) is 0 Å². The van der Waals surface area contributed by atoms with Gasteiger partial charge in [-0.05, 0) is 17.5 Å². The molecule has 0 aliphatic heterocycles. The Hall–Kier alpha value is -1.39. The van der Waals surface area contributed by atoms with Crippen molar-refractivity contribution in [3.05, 3.63) is 46.3 Å². The van der Waals surface area contributed by atoms with Crippen molar-refractivity contribution in [2.45, 2.75) is 12.5 Å². The summed E-state index contributed by atoms with van der Waals surface area (Å²) in [5, 5.41) is 2.06. The number of hydrogen-bond acceptors (Lipinski definition) is 4. The third-order valence-electron chi connectivity index (χ3n) is 2.39. The van der Waals surface area contributed by atoms with Gasteiger partial charge in [0.05, 0.1) is 7.11 Å². The fourth-order valence-corrected chi connectivity index (χ4v) is 2.38. The lowest BCUT2D eigenvalue weighted by atomic mass is 10.1. The predicted molar refractivity (Wildman–Crippen MR) is 65.7 cm³/mol. The molecule has 0 aliphatic rings. The number of rotatable bonds is 4. The summed E-state index contributed by atoms with van der Waals surface area (Å²) in [4.78, 5) is 5.43. The molecule has 16 heavy (non-hydrogen) atoms. The maximum Gasteiger partial charge on any atom is 0.217 e. The molecule has 0 amide bonds. The maximum atomic E-state index is 6.15. The van der Waals surface area contributed by atoms with Gasteiger partial charge >= 0.3 is 0 Å². The molecule has 2 aromatic heterocycles. The van der Waals surface area contributed by atoms with Crippen LogP contribution >= 0.6 is 11.3 Å². The van der Waals surface area contributed by atoms with E-state index in [0.29, 0.717) is 5.88 Å². The Morgan fingerprint density at radius 2 is 2.31 bits per heavy atom. The molecule has 0 aliphatic carbocycles. The summed E-state index contributed by atoms with van der Waals surface area (Å²) in [6.07, 6.45) is 2.53. The van der Waals surface area contributed by atoms with Gasteiger partial charge in [-0.25, -0.2) is 4.98 Å². The van der Waals surface area contributed by atoms with Crippen molar-refractivity contribution in [1.82, 2.24) is 4.98 Å². The Bertz CT molecular complexity index is 442. The lowest BCUT2D eigenvalue weighted by molar-refractivity contribution is 0.388. The molecule has 1 unspecified atom stereocenters. The Balaban J connectivity index is 2.17. The quantitative estimate of drug-likeness (QED) is 0.883. The van der Waals surface area contributed by atoms with E-state index in [0.717, 1.165) is 12.0 Å². The van der Waals surface area contributed by atoms with Gasteiger partial charge < -0.3 is 10.5 Å². The maximum absolute atomic E-state index is 6.15. The average Bonchev–Trinajstić information content (AvgIpc) is 2.81. The second kappa shape index (κ2) is 5.09. The van der Waals surface area contributed by atoms with Crippen molar-refractivity contribution >= 4 is 11.3 Å². The molecule has 84 valence electrons. The molecular weight excluding hydrogens is 220 g/mol. The first kappa shape index (κ1) is 11.1. The van der Waals surface area contributed by atoms with E-state index in [-0.39, 0.29) is 6.04 Å². The van der Waals surface area contributed by atoms with Crippen molar-refractivity contribution in [1.29, 1.82) is 0 Å². The van der Waals surface area contributed by atoms with E-state index < -0.39 is 0 Å². The monoisotopic (exact) mass is 234 g/mol. The van der Waals surface area contributed by atoms with Crippen LogP contribution in [0, 0.1) is 0 Å². The molecule has 0 spiro atoms. The molecule has 2 aromatic rings. The molecule has 2 heterocycles. The summed E-state index contributed by atoms with van der Waals surface area (Å²) < 4.78 is 5.20. The van der Waals surface area contributed by atoms with Crippen LogP contribution in [0.3, 0.4) is 0 Å². The molecular formula is C12H14N2OS. The van der Waals surface area contributed by atoms with Crippen molar-refractivity contribution in [2.24, 2.45) is 5.73 Å². The fourth-order valence-electron chi connectivity index (χ4n) is 1.61. The SMILES string of the molecule is COc1ncccc1C(N)Cc1cccs1. The van der Waals surface area contributed by atoms with E-state index >= 15 is 0 Å². The van der Waals surface area contributed by atoms with Crippen LogP contribution in [0.15, 0.2) is 35.8 Å². The van der Waals surface area contributed by atoms with Gasteiger partial charge in [0.15, 0.2) is 0 Å². The number of nitrogens with two attached hydrogens (primary N) is 1. The molecule has 1 atom stereocenters. The summed E-state index contributed by atoms with van der Waals surface area (Å²) in [7, 11) is 1.61. The van der Waals surface area contributed by atoms with E-state index in [1.54, 1.807) is 24.6 Å². The second-order valence-electron chi connectivity index (χ2n) is 3.49. The number of nitrogens with zero attached hydrogens (tertiary/aromatic N) is 1. The van der Waals surface area contributed by atoms with Gasteiger partial charge in [-0.15, -0.1) is 11.3 Å². The standard InChI is InChI=1S/C12H14N2OS/c1-15-12-10(5-2-6-14-12)11(13)8-9-4-3-7-16-9/h2-7,11H,8,13H2,1H3. The first-order valence-electron chi connectivity index (χ1n) is 5.08. The molecule has 0 bridgehead atoms. The highest BCUT2D eigenvalue weighted by molar-refractivity contribution is 7.09. The van der Waals surface area contributed by atoms with Crippen LogP contribution in [0.25, 0.3) is 0 Å². The normalized spacial score (nSPS) is 12.4. The number of aromatic nitrogens is 1. The van der Waals surface area contributed by atoms with Gasteiger partial charge in [-0.3, -0.25) is 0 Å². The van der Waals surface area contributed by atoms with E-state index in [2.05, 4.69) is 16.4 Å². The first-order valence-corrected chi connectivity index (χ1v) is 5.96. The highest BCUT2D eigenvalue weighted by Crippen LogP contribution is 2.24. The molecule has 0 fully saturated rings. The molecule has 2 rings (SSSR count). The largest absolute Gasteiger partial charge is 0.481 e. The summed E-state index contributed by atoms with van der Waals surface area (Å²) in [5.74, 6) is 0.617. The van der Waals surface area contributed by atoms with Crippen LogP contribution in [-0.4, -0.2) is 12.1 Å². The smallest absolute Gasteiger partial charge is 0.217 e. The number of hydrogen-bond donors (Lipinski definition) is 1. The molecule has 2 N–H and O–H groups in total. The lowest BCUT2D eigenvalue weighted by Crippen LogP contribution is -2.14. The minimum atomic E-state index is -0.0673. The van der Waals surface area contributed by atoms with Gasteiger partial charge in [0.2, 0.25) is 5.88 Å². The van der Waals surface area contributed by atoms with Crippen LogP contribution < -0.4 is 10.5 Å². The topological polar surface area (TPSA) is 48.1 Å². The van der Waals surface area contributed by atoms with Crippen LogP contribution in [0.5, 0.6) is 5.88 Å². The Morgan fingerprint density at radius 3 is 3.00 bits per heavy atom. The Labute approximate surface area is 98.9 Å². The Morgan fingerprint density at radius 1 is 1.44 bits per heavy atom. The molecule has 0 radical (unpaired) electrons. The third-order valence-corrected chi connectivity index (χ3v) is 3.29. The van der Waals surface area contributed by atoms with E-state index in [9.17, 15) is 0 Å². The molecule has 4 heteroatoms. The van der Waals surface area contributed by atoms with Gasteiger partial charge in [0, 0.05) is 29.1 Å². The van der Waals surface area contributed by atoms with Crippen LogP contribution in [-0.2, 0) is 6.42 Å². The molecule has 0 aromatic carbocycles. The van der Waals surface area contributed by atoms with E-state index in [4.69, 9.17) is 10.5 Å². The summed E-state index contributed by atoms with van der Waals surface area (Å²) >= 11 is 1.72. The third kappa shape index (κ3) is 2.40. The average molecular weight is 234 g/mol. The van der Waals surface area contributed by atoms with E-state index in [1.165, 1.54) is 4.88 Å². The highest BCUT2D eigenvalue weighted by atomic mass is 32.1. The fraction of sp³-hybridized carbons (Fsp3) is 0.250. The minimum absolute atomic E-state index is 0.0673. The summed E-state index contributed by atoms with van der Waals surface area (Å²) in [5.41, 5.74) is 7.11. The summed E-state index contributed by atoms with van der Waals surface area (Å²) in [6, 6.07) is 7.90. The zero-order valence-electron chi connectivity index (χ0n) is 9.09. The van der Waals surface area contributed by atoms with Crippen molar-refractivity contribution in [3.63, 3.8) is 0 Å². The predicted octanol–water partition coefficient (Wildman–Crippen LogP) is 2.39. The van der Waals surface area contributed by atoms with Gasteiger partial charge in [0.25, 0.3) is 0 Å². The highest BCUT2D eigenvalue weighted by Gasteiger charge is 2.13. The van der Waals surface area contributed by atoms with Crippen molar-refractivity contribution in [3.8, 4) is 5.88 Å². The van der Waals surface area contributed by atoms with Crippen LogP contribution in [0.4, 0.5) is 0 Å². The van der Waals surface area contributed by atoms with Gasteiger partial charge in [-0.1, -0.05) is 12.1 Å². The van der Waals surface area contributed by atoms with Crippen LogP contribution in [0.1, 0.15) is 16.5 Å². The van der Waals surface area contributed by atoms with Gasteiger partial charge in [0.1, 0.15) is 0 Å². The summed E-state index contributed by atoms with van der Waals surface area (Å²) in [6.45, 7) is 0. The Kier molecular flexibility index (Phi) is 3.54. The molecule has 0 saturated carbocycles. The molecule has 3 nitrogen and oxygen atoms in total. The number of methoxy groups -OCH3 is 1. The molecule has 0 saturated heterocycles. The first-order chi connectivity index (χ1) is 7.81. The zero-order chi connectivity index (χ0) is 11.4. The minimum Gasteiger partial charge on any atom is -0.481 e. The zero-order valence-corrected chi connectivity index (χ0v) is 9.91.